The average molecular weight is 311 g/mol. The number of rotatable bonds is 4. The van der Waals surface area contributed by atoms with Crippen molar-refractivity contribution < 1.29 is 8.42 Å². The lowest BCUT2D eigenvalue weighted by atomic mass is 9.99. The van der Waals surface area contributed by atoms with E-state index in [0.29, 0.717) is 5.56 Å². The molecule has 0 atom stereocenters. The van der Waals surface area contributed by atoms with E-state index in [1.807, 2.05) is 42.5 Å². The van der Waals surface area contributed by atoms with Gasteiger partial charge in [-0.3, -0.25) is 0 Å². The van der Waals surface area contributed by atoms with Gasteiger partial charge < -0.3 is 0 Å². The summed E-state index contributed by atoms with van der Waals surface area (Å²) in [5, 5.41) is 9.01. The first-order valence-electron chi connectivity index (χ1n) is 7.40. The highest BCUT2D eigenvalue weighted by Crippen LogP contribution is 2.29. The minimum atomic E-state index is -3.02. The van der Waals surface area contributed by atoms with Crippen LogP contribution in [0.3, 0.4) is 0 Å². The van der Waals surface area contributed by atoms with E-state index < -0.39 is 9.84 Å². The zero-order valence-corrected chi connectivity index (χ0v) is 13.0. The molecular weight excluding hydrogens is 294 g/mol. The van der Waals surface area contributed by atoms with Gasteiger partial charge in [0.25, 0.3) is 0 Å². The number of sulfone groups is 1. The monoisotopic (exact) mass is 311 g/mol. The Balaban J connectivity index is 1.83. The first kappa shape index (κ1) is 14.8. The van der Waals surface area contributed by atoms with Crippen LogP contribution >= 0.6 is 0 Å². The topological polar surface area (TPSA) is 57.9 Å². The highest BCUT2D eigenvalue weighted by Gasteiger charge is 2.30. The van der Waals surface area contributed by atoms with Crippen molar-refractivity contribution in [1.82, 2.24) is 0 Å². The van der Waals surface area contributed by atoms with E-state index >= 15 is 0 Å². The molecule has 0 heterocycles. The van der Waals surface area contributed by atoms with E-state index in [4.69, 9.17) is 5.26 Å². The molecule has 0 aromatic heterocycles. The van der Waals surface area contributed by atoms with Crippen molar-refractivity contribution in [3.8, 4) is 17.2 Å². The molecule has 0 aliphatic heterocycles. The van der Waals surface area contributed by atoms with Crippen LogP contribution in [0.4, 0.5) is 0 Å². The van der Waals surface area contributed by atoms with Crippen LogP contribution in [0.25, 0.3) is 11.1 Å². The molecule has 0 amide bonds. The highest BCUT2D eigenvalue weighted by molar-refractivity contribution is 7.91. The van der Waals surface area contributed by atoms with Gasteiger partial charge in [0.2, 0.25) is 0 Å². The summed E-state index contributed by atoms with van der Waals surface area (Å²) in [6.07, 6.45) is 2.62. The molecule has 0 saturated heterocycles. The molecule has 22 heavy (non-hydrogen) atoms. The second kappa shape index (κ2) is 5.94. The summed E-state index contributed by atoms with van der Waals surface area (Å²) in [7, 11) is -3.02. The third-order valence-electron chi connectivity index (χ3n) is 4.24. The van der Waals surface area contributed by atoms with Crippen molar-refractivity contribution in [3.63, 3.8) is 0 Å². The Labute approximate surface area is 131 Å². The van der Waals surface area contributed by atoms with Crippen LogP contribution in [-0.2, 0) is 15.6 Å². The molecule has 1 aliphatic carbocycles. The average Bonchev–Trinajstić information content (AvgIpc) is 2.45. The van der Waals surface area contributed by atoms with Gasteiger partial charge in [0.1, 0.15) is 0 Å². The summed E-state index contributed by atoms with van der Waals surface area (Å²) in [5.41, 5.74) is 3.24. The third-order valence-corrected chi connectivity index (χ3v) is 6.46. The first-order chi connectivity index (χ1) is 10.6. The Bertz CT molecular complexity index is 813. The van der Waals surface area contributed by atoms with Crippen molar-refractivity contribution in [2.75, 3.05) is 0 Å². The molecule has 2 aromatic rings. The Morgan fingerprint density at radius 2 is 1.73 bits per heavy atom. The number of benzene rings is 2. The van der Waals surface area contributed by atoms with Crippen LogP contribution in [0.15, 0.2) is 48.5 Å². The van der Waals surface area contributed by atoms with Gasteiger partial charge in [0, 0.05) is 0 Å². The lowest BCUT2D eigenvalue weighted by Gasteiger charge is -2.25. The van der Waals surface area contributed by atoms with E-state index in [2.05, 4.69) is 6.07 Å². The van der Waals surface area contributed by atoms with Gasteiger partial charge in [0.15, 0.2) is 9.84 Å². The summed E-state index contributed by atoms with van der Waals surface area (Å²) in [6.45, 7) is 0. The van der Waals surface area contributed by atoms with Crippen molar-refractivity contribution >= 4 is 9.84 Å². The molecule has 0 spiro atoms. The molecule has 1 fully saturated rings. The smallest absolute Gasteiger partial charge is 0.157 e. The SMILES string of the molecule is N#Cc1ccccc1-c1ccc(CS(=O)(=O)C2CCC2)cc1. The van der Waals surface area contributed by atoms with E-state index in [0.717, 1.165) is 36.0 Å². The van der Waals surface area contributed by atoms with Crippen LogP contribution < -0.4 is 0 Å². The summed E-state index contributed by atoms with van der Waals surface area (Å²) >= 11 is 0. The Morgan fingerprint density at radius 1 is 1.05 bits per heavy atom. The van der Waals surface area contributed by atoms with Gasteiger partial charge >= 0.3 is 0 Å². The van der Waals surface area contributed by atoms with Gasteiger partial charge in [-0.1, -0.05) is 48.9 Å². The molecule has 1 saturated carbocycles. The molecule has 2 aromatic carbocycles. The second-order valence-electron chi connectivity index (χ2n) is 5.71. The van der Waals surface area contributed by atoms with Gasteiger partial charge in [-0.2, -0.15) is 5.26 Å². The minimum Gasteiger partial charge on any atom is -0.228 e. The fraction of sp³-hybridized carbons (Fsp3) is 0.278. The third kappa shape index (κ3) is 2.90. The molecule has 1 aliphatic rings. The number of hydrogen-bond acceptors (Lipinski definition) is 3. The van der Waals surface area contributed by atoms with Gasteiger partial charge in [-0.25, -0.2) is 8.42 Å². The standard InChI is InChI=1S/C18H17NO2S/c19-12-16-4-1-2-7-18(16)15-10-8-14(9-11-15)13-22(20,21)17-5-3-6-17/h1-2,4,7-11,17H,3,5-6,13H2. The van der Waals surface area contributed by atoms with E-state index in [-0.39, 0.29) is 11.0 Å². The summed E-state index contributed by atoms with van der Waals surface area (Å²) in [4.78, 5) is 0. The maximum Gasteiger partial charge on any atom is 0.157 e. The normalized spacial score (nSPS) is 15.0. The highest BCUT2D eigenvalue weighted by atomic mass is 32.2. The molecule has 0 bridgehead atoms. The molecule has 3 rings (SSSR count). The maximum absolute atomic E-state index is 12.2. The first-order valence-corrected chi connectivity index (χ1v) is 9.12. The van der Waals surface area contributed by atoms with Crippen molar-refractivity contribution in [2.45, 2.75) is 30.3 Å². The predicted molar refractivity (Wildman–Crippen MR) is 86.9 cm³/mol. The van der Waals surface area contributed by atoms with Crippen LogP contribution in [0.5, 0.6) is 0 Å². The molecular formula is C18H17NO2S. The van der Waals surface area contributed by atoms with E-state index in [1.165, 1.54) is 0 Å². The summed E-state index contributed by atoms with van der Waals surface area (Å²) in [6, 6.07) is 17.1. The second-order valence-corrected chi connectivity index (χ2v) is 8.00. The van der Waals surface area contributed by atoms with Gasteiger partial charge in [0.05, 0.1) is 22.6 Å². The maximum atomic E-state index is 12.2. The Kier molecular flexibility index (Phi) is 4.00. The largest absolute Gasteiger partial charge is 0.228 e. The fourth-order valence-corrected chi connectivity index (χ4v) is 4.64. The summed E-state index contributed by atoms with van der Waals surface area (Å²) in [5.74, 6) is 0.109. The quantitative estimate of drug-likeness (QED) is 0.865. The Morgan fingerprint density at radius 3 is 2.32 bits per heavy atom. The number of nitrogens with zero attached hydrogens (tertiary/aromatic N) is 1. The number of nitriles is 1. The van der Waals surface area contributed by atoms with E-state index in [9.17, 15) is 8.42 Å². The lowest BCUT2D eigenvalue weighted by molar-refractivity contribution is 0.476. The van der Waals surface area contributed by atoms with Crippen LogP contribution in [-0.4, -0.2) is 13.7 Å². The van der Waals surface area contributed by atoms with E-state index in [1.54, 1.807) is 6.07 Å². The van der Waals surface area contributed by atoms with Crippen molar-refractivity contribution in [2.24, 2.45) is 0 Å². The fourth-order valence-electron chi connectivity index (χ4n) is 2.69. The van der Waals surface area contributed by atoms with Gasteiger partial charge in [-0.15, -0.1) is 0 Å². The van der Waals surface area contributed by atoms with Gasteiger partial charge in [-0.05, 0) is 35.6 Å². The molecule has 112 valence electrons. The summed E-state index contributed by atoms with van der Waals surface area (Å²) < 4.78 is 24.4. The van der Waals surface area contributed by atoms with Crippen LogP contribution in [0.1, 0.15) is 30.4 Å². The molecule has 0 radical (unpaired) electrons. The zero-order valence-electron chi connectivity index (χ0n) is 12.2. The number of hydrogen-bond donors (Lipinski definition) is 0. The molecule has 0 N–H and O–H groups in total. The minimum absolute atomic E-state index is 0.109. The Hall–Kier alpha value is -2.12. The van der Waals surface area contributed by atoms with Crippen molar-refractivity contribution in [3.05, 3.63) is 59.7 Å². The molecule has 0 unspecified atom stereocenters. The van der Waals surface area contributed by atoms with Crippen LogP contribution in [0.2, 0.25) is 0 Å². The molecule has 4 heteroatoms. The van der Waals surface area contributed by atoms with Crippen LogP contribution in [0, 0.1) is 11.3 Å². The van der Waals surface area contributed by atoms with Crippen molar-refractivity contribution in [1.29, 1.82) is 5.26 Å². The predicted octanol–water partition coefficient (Wildman–Crippen LogP) is 3.69. The zero-order chi connectivity index (χ0) is 15.6. The molecule has 3 nitrogen and oxygen atoms in total. The lowest BCUT2D eigenvalue weighted by Crippen LogP contribution is -2.29.